The lowest BCUT2D eigenvalue weighted by molar-refractivity contribution is -0.135. The van der Waals surface area contributed by atoms with E-state index in [9.17, 15) is 14.4 Å². The average molecular weight is 571 g/mol. The van der Waals surface area contributed by atoms with Crippen molar-refractivity contribution in [3.63, 3.8) is 0 Å². The van der Waals surface area contributed by atoms with Crippen LogP contribution in [0.3, 0.4) is 0 Å². The topological polar surface area (TPSA) is 98.0 Å². The summed E-state index contributed by atoms with van der Waals surface area (Å²) in [5.74, 6) is -1.21. The van der Waals surface area contributed by atoms with Crippen LogP contribution < -0.4 is 4.90 Å². The van der Waals surface area contributed by atoms with Gasteiger partial charge in [-0.25, -0.2) is 9.91 Å². The molecule has 3 aliphatic rings. The number of imide groups is 1. The monoisotopic (exact) mass is 570 g/mol. The highest BCUT2D eigenvalue weighted by atomic mass is 79.9. The summed E-state index contributed by atoms with van der Waals surface area (Å²) in [6, 6.07) is 22.5. The van der Waals surface area contributed by atoms with Crippen LogP contribution in [0.15, 0.2) is 98.8 Å². The van der Waals surface area contributed by atoms with Gasteiger partial charge in [-0.3, -0.25) is 19.4 Å². The number of halogens is 1. The van der Waals surface area contributed by atoms with Gasteiger partial charge in [0.1, 0.15) is 6.54 Å². The van der Waals surface area contributed by atoms with Gasteiger partial charge in [0.25, 0.3) is 17.7 Å². The van der Waals surface area contributed by atoms with E-state index in [0.29, 0.717) is 12.1 Å². The molecule has 190 valence electrons. The van der Waals surface area contributed by atoms with Crippen LogP contribution >= 0.6 is 15.9 Å². The van der Waals surface area contributed by atoms with Crippen LogP contribution in [-0.4, -0.2) is 52.1 Å². The van der Waals surface area contributed by atoms with Crippen LogP contribution in [0.25, 0.3) is 0 Å². The van der Waals surface area contributed by atoms with Gasteiger partial charge in [0.2, 0.25) is 0 Å². The molecule has 3 aromatic rings. The lowest BCUT2D eigenvalue weighted by Crippen LogP contribution is -2.44. The minimum atomic E-state index is -0.972. The summed E-state index contributed by atoms with van der Waals surface area (Å²) in [5.41, 5.74) is 3.99. The predicted molar refractivity (Wildman–Crippen MR) is 144 cm³/mol. The fourth-order valence-corrected chi connectivity index (χ4v) is 5.37. The Bertz CT molecular complexity index is 1490. The highest BCUT2D eigenvalue weighted by molar-refractivity contribution is 9.10. The van der Waals surface area contributed by atoms with Gasteiger partial charge in [0.05, 0.1) is 17.4 Å². The molecule has 6 rings (SSSR count). The van der Waals surface area contributed by atoms with Crippen LogP contribution in [0.1, 0.15) is 29.2 Å². The Balaban J connectivity index is 1.26. The summed E-state index contributed by atoms with van der Waals surface area (Å²) >= 11 is 3.46. The Labute approximate surface area is 227 Å². The molecule has 3 aliphatic heterocycles. The number of fused-ring (bicyclic) bond motifs is 1. The molecule has 3 amide bonds. The molecule has 0 N–H and O–H groups in total. The molecule has 3 atom stereocenters. The number of nitrogens with zero attached hydrogens (tertiary/aromatic N) is 6. The van der Waals surface area contributed by atoms with Gasteiger partial charge in [-0.15, -0.1) is 0 Å². The van der Waals surface area contributed by atoms with Gasteiger partial charge in [-0.05, 0) is 41.8 Å². The van der Waals surface area contributed by atoms with Gasteiger partial charge in [0.15, 0.2) is 12.1 Å². The van der Waals surface area contributed by atoms with E-state index in [-0.39, 0.29) is 18.5 Å². The third kappa shape index (κ3) is 4.10. The Morgan fingerprint density at radius 3 is 2.39 bits per heavy atom. The maximum Gasteiger partial charge on any atom is 0.264 e. The number of benzene rings is 3. The smallest absolute Gasteiger partial charge is 0.264 e. The van der Waals surface area contributed by atoms with Crippen LogP contribution in [0.5, 0.6) is 0 Å². The first-order chi connectivity index (χ1) is 18.4. The minimum Gasteiger partial charge on any atom is -0.271 e. The second-order valence-corrected chi connectivity index (χ2v) is 10.3. The van der Waals surface area contributed by atoms with Crippen molar-refractivity contribution in [2.24, 2.45) is 15.4 Å². The molecule has 1 fully saturated rings. The molecule has 3 aromatic carbocycles. The molecule has 0 aromatic heterocycles. The Hall–Kier alpha value is -4.18. The third-order valence-electron chi connectivity index (χ3n) is 7.04. The van der Waals surface area contributed by atoms with Crippen molar-refractivity contribution < 1.29 is 14.4 Å². The van der Waals surface area contributed by atoms with Crippen molar-refractivity contribution in [3.8, 4) is 0 Å². The first-order valence-electron chi connectivity index (χ1n) is 12.2. The van der Waals surface area contributed by atoms with E-state index < -0.39 is 23.9 Å². The summed E-state index contributed by atoms with van der Waals surface area (Å²) in [6.07, 6.45) is 0.545. The lowest BCUT2D eigenvalue weighted by Gasteiger charge is -2.25. The number of rotatable bonds is 5. The number of carbonyl (C=O) groups is 3. The summed E-state index contributed by atoms with van der Waals surface area (Å²) in [7, 11) is 0. The second kappa shape index (κ2) is 9.60. The van der Waals surface area contributed by atoms with Crippen molar-refractivity contribution >= 4 is 45.1 Å². The first-order valence-corrected chi connectivity index (χ1v) is 13.0. The van der Waals surface area contributed by atoms with Crippen LogP contribution in [0.2, 0.25) is 0 Å². The van der Waals surface area contributed by atoms with Crippen LogP contribution in [0, 0.1) is 6.92 Å². The van der Waals surface area contributed by atoms with E-state index in [1.54, 1.807) is 12.1 Å². The summed E-state index contributed by atoms with van der Waals surface area (Å²) < 4.78 is 0.955. The quantitative estimate of drug-likeness (QED) is 0.424. The van der Waals surface area contributed by atoms with Gasteiger partial charge in [-0.1, -0.05) is 81.8 Å². The number of para-hydroxylation sites is 1. The molecule has 0 radical (unpaired) electrons. The number of amides is 3. The molecule has 9 nitrogen and oxygen atoms in total. The van der Waals surface area contributed by atoms with E-state index in [2.05, 4.69) is 26.3 Å². The molecule has 0 unspecified atom stereocenters. The SMILES string of the molecule is Cc1ccccc1N1C(=O)[C@@H]2[C@@H](N=NN2CC(=O)N2N=C(c3ccc(Br)cc3)C[C@@H]2c2ccccc2)C1=O. The Morgan fingerprint density at radius 2 is 1.66 bits per heavy atom. The van der Waals surface area contributed by atoms with Gasteiger partial charge in [0, 0.05) is 10.9 Å². The predicted octanol–water partition coefficient (Wildman–Crippen LogP) is 4.43. The molecule has 3 heterocycles. The number of hydrogen-bond acceptors (Lipinski definition) is 7. The fourth-order valence-electron chi connectivity index (χ4n) is 5.11. The maximum atomic E-state index is 13.7. The van der Waals surface area contributed by atoms with Gasteiger partial charge in [-0.2, -0.15) is 10.2 Å². The largest absolute Gasteiger partial charge is 0.271 e. The average Bonchev–Trinajstić information content (AvgIpc) is 3.61. The van der Waals surface area contributed by atoms with E-state index in [0.717, 1.165) is 31.8 Å². The van der Waals surface area contributed by atoms with Crippen LogP contribution in [0.4, 0.5) is 5.69 Å². The van der Waals surface area contributed by atoms with Crippen molar-refractivity contribution in [3.05, 3.63) is 100 Å². The number of anilines is 1. The molecule has 0 spiro atoms. The van der Waals surface area contributed by atoms with Crippen molar-refractivity contribution in [1.82, 2.24) is 10.0 Å². The molecular formula is C28H23BrN6O3. The molecule has 0 bridgehead atoms. The van der Waals surface area contributed by atoms with E-state index >= 15 is 0 Å². The lowest BCUT2D eigenvalue weighted by atomic mass is 9.98. The number of hydrogen-bond donors (Lipinski definition) is 0. The van der Waals surface area contributed by atoms with Crippen molar-refractivity contribution in [2.75, 3.05) is 11.4 Å². The third-order valence-corrected chi connectivity index (χ3v) is 7.57. The number of aryl methyl sites for hydroxylation is 1. The molecule has 0 saturated carbocycles. The summed E-state index contributed by atoms with van der Waals surface area (Å²) in [6.45, 7) is 1.61. The summed E-state index contributed by atoms with van der Waals surface area (Å²) in [4.78, 5) is 41.3. The number of carbonyl (C=O) groups excluding carboxylic acids is 3. The number of hydrazone groups is 1. The first kappa shape index (κ1) is 24.2. The zero-order chi connectivity index (χ0) is 26.4. The molecule has 38 heavy (non-hydrogen) atoms. The van der Waals surface area contributed by atoms with Gasteiger partial charge >= 0.3 is 0 Å². The Kier molecular flexibility index (Phi) is 6.11. The van der Waals surface area contributed by atoms with E-state index in [1.165, 1.54) is 10.0 Å². The molecular weight excluding hydrogens is 548 g/mol. The molecule has 1 saturated heterocycles. The van der Waals surface area contributed by atoms with Gasteiger partial charge < -0.3 is 0 Å². The normalized spacial score (nSPS) is 22.3. The van der Waals surface area contributed by atoms with E-state index in [4.69, 9.17) is 5.10 Å². The highest BCUT2D eigenvalue weighted by Crippen LogP contribution is 2.36. The zero-order valence-corrected chi connectivity index (χ0v) is 22.0. The standard InChI is InChI=1S/C28H23BrN6O3/c1-17-7-5-6-10-22(17)34-27(37)25-26(28(34)38)33(32-30-25)16-24(36)35-23(19-8-3-2-4-9-19)15-21(31-35)18-11-13-20(29)14-12-18/h2-14,23,25-26H,15-16H2,1H3/t23-,25-,26+/m1/s1. The highest BCUT2D eigenvalue weighted by Gasteiger charge is 2.55. The molecule has 10 heteroatoms. The summed E-state index contributed by atoms with van der Waals surface area (Å²) in [5, 5.41) is 15.6. The zero-order valence-electron chi connectivity index (χ0n) is 20.4. The van der Waals surface area contributed by atoms with E-state index in [1.807, 2.05) is 73.7 Å². The van der Waals surface area contributed by atoms with Crippen LogP contribution in [-0.2, 0) is 14.4 Å². The second-order valence-electron chi connectivity index (χ2n) is 9.41. The fraction of sp³-hybridized carbons (Fsp3) is 0.214. The maximum absolute atomic E-state index is 13.7. The van der Waals surface area contributed by atoms with Crippen molar-refractivity contribution in [2.45, 2.75) is 31.5 Å². The molecule has 0 aliphatic carbocycles. The van der Waals surface area contributed by atoms with Crippen molar-refractivity contribution in [1.29, 1.82) is 0 Å². The minimum absolute atomic E-state index is 0.230. The Morgan fingerprint density at radius 1 is 0.947 bits per heavy atom.